The van der Waals surface area contributed by atoms with E-state index in [9.17, 15) is 5.11 Å². The zero-order chi connectivity index (χ0) is 18.2. The first kappa shape index (κ1) is 18.3. The lowest BCUT2D eigenvalue weighted by atomic mass is 10.1. The van der Waals surface area contributed by atoms with Crippen molar-refractivity contribution in [2.75, 3.05) is 31.1 Å². The highest BCUT2D eigenvalue weighted by molar-refractivity contribution is 5.80. The fourth-order valence-corrected chi connectivity index (χ4v) is 3.23. The molecule has 2 aromatic rings. The molecule has 3 N–H and O–H groups in total. The Hall–Kier alpha value is -2.47. The summed E-state index contributed by atoms with van der Waals surface area (Å²) in [6.07, 6.45) is 3.08. The molecule has 0 spiro atoms. The van der Waals surface area contributed by atoms with E-state index in [1.807, 2.05) is 13.0 Å². The number of rotatable bonds is 6. The quantitative estimate of drug-likeness (QED) is 0.548. The summed E-state index contributed by atoms with van der Waals surface area (Å²) >= 11 is 0. The standard InChI is InChI=1S/C20H28N4O2/c1-2-21-20(22-14-18(25)19-11-7-13-26-19)23-16-8-6-12-24(15-16)17-9-4-3-5-10-17/h3-5,7,9-11,13,16,18,25H,2,6,8,12,14-15H2,1H3,(H2,21,22,23). The van der Waals surface area contributed by atoms with Crippen molar-refractivity contribution in [3.63, 3.8) is 0 Å². The Morgan fingerprint density at radius 3 is 2.88 bits per heavy atom. The second-order valence-electron chi connectivity index (χ2n) is 6.52. The lowest BCUT2D eigenvalue weighted by Crippen LogP contribution is -2.51. The summed E-state index contributed by atoms with van der Waals surface area (Å²) in [7, 11) is 0. The van der Waals surface area contributed by atoms with Crippen LogP contribution in [0.2, 0.25) is 0 Å². The molecule has 1 aromatic carbocycles. The van der Waals surface area contributed by atoms with Gasteiger partial charge in [-0.15, -0.1) is 0 Å². The van der Waals surface area contributed by atoms with E-state index in [0.29, 0.717) is 11.8 Å². The third-order valence-electron chi connectivity index (χ3n) is 4.52. The molecule has 1 aliphatic rings. The Kier molecular flexibility index (Phi) is 6.55. The summed E-state index contributed by atoms with van der Waals surface area (Å²) in [5.41, 5.74) is 1.26. The molecule has 0 aliphatic carbocycles. The van der Waals surface area contributed by atoms with Gasteiger partial charge in [0.25, 0.3) is 0 Å². The number of nitrogens with zero attached hydrogens (tertiary/aromatic N) is 2. The number of nitrogens with one attached hydrogen (secondary N) is 2. The van der Waals surface area contributed by atoms with Gasteiger partial charge in [0.2, 0.25) is 0 Å². The van der Waals surface area contributed by atoms with Gasteiger partial charge in [-0.05, 0) is 44.0 Å². The van der Waals surface area contributed by atoms with Crippen LogP contribution < -0.4 is 15.5 Å². The molecular weight excluding hydrogens is 328 g/mol. The summed E-state index contributed by atoms with van der Waals surface area (Å²) in [5.74, 6) is 1.27. The van der Waals surface area contributed by atoms with E-state index < -0.39 is 6.10 Å². The van der Waals surface area contributed by atoms with Crippen LogP contribution in [-0.4, -0.2) is 43.3 Å². The molecular formula is C20H28N4O2. The van der Waals surface area contributed by atoms with E-state index in [1.165, 1.54) is 5.69 Å². The third-order valence-corrected chi connectivity index (χ3v) is 4.52. The molecule has 0 radical (unpaired) electrons. The molecule has 0 saturated carbocycles. The maximum absolute atomic E-state index is 10.2. The zero-order valence-corrected chi connectivity index (χ0v) is 15.3. The number of piperidine rings is 1. The van der Waals surface area contributed by atoms with Gasteiger partial charge < -0.3 is 25.1 Å². The molecule has 6 nitrogen and oxygen atoms in total. The Morgan fingerprint density at radius 2 is 2.15 bits per heavy atom. The van der Waals surface area contributed by atoms with E-state index >= 15 is 0 Å². The molecule has 1 aromatic heterocycles. The van der Waals surface area contributed by atoms with Gasteiger partial charge in [0.15, 0.2) is 5.96 Å². The number of para-hydroxylation sites is 1. The fourth-order valence-electron chi connectivity index (χ4n) is 3.23. The number of hydrogen-bond acceptors (Lipinski definition) is 4. The first-order chi connectivity index (χ1) is 12.8. The Morgan fingerprint density at radius 1 is 1.31 bits per heavy atom. The Balaban J connectivity index is 1.59. The number of furan rings is 1. The van der Waals surface area contributed by atoms with Crippen LogP contribution in [0.1, 0.15) is 31.6 Å². The molecule has 2 atom stereocenters. The Bertz CT molecular complexity index is 672. The first-order valence-electron chi connectivity index (χ1n) is 9.32. The van der Waals surface area contributed by atoms with Crippen LogP contribution in [-0.2, 0) is 0 Å². The number of benzene rings is 1. The van der Waals surface area contributed by atoms with Gasteiger partial charge in [-0.1, -0.05) is 18.2 Å². The van der Waals surface area contributed by atoms with Crippen LogP contribution in [0.15, 0.2) is 58.1 Å². The van der Waals surface area contributed by atoms with Gasteiger partial charge >= 0.3 is 0 Å². The van der Waals surface area contributed by atoms with Crippen molar-refractivity contribution >= 4 is 11.6 Å². The highest BCUT2D eigenvalue weighted by Gasteiger charge is 2.21. The highest BCUT2D eigenvalue weighted by atomic mass is 16.4. The zero-order valence-electron chi connectivity index (χ0n) is 15.3. The van der Waals surface area contributed by atoms with Gasteiger partial charge in [0, 0.05) is 31.4 Å². The number of hydrogen-bond donors (Lipinski definition) is 3. The molecule has 0 amide bonds. The van der Waals surface area contributed by atoms with Gasteiger partial charge in [-0.25, -0.2) is 0 Å². The molecule has 6 heteroatoms. The SMILES string of the molecule is CCNC(=NCC(O)c1ccco1)NC1CCCN(c2ccccc2)C1. The minimum absolute atomic E-state index is 0.262. The minimum atomic E-state index is -0.729. The van der Waals surface area contributed by atoms with E-state index in [2.05, 4.69) is 44.8 Å². The predicted molar refractivity (Wildman–Crippen MR) is 104 cm³/mol. The van der Waals surface area contributed by atoms with E-state index in [4.69, 9.17) is 4.42 Å². The summed E-state index contributed by atoms with van der Waals surface area (Å²) in [6, 6.07) is 14.4. The summed E-state index contributed by atoms with van der Waals surface area (Å²) in [4.78, 5) is 6.93. The molecule has 2 heterocycles. The van der Waals surface area contributed by atoms with Crippen molar-refractivity contribution in [3.8, 4) is 0 Å². The molecule has 0 bridgehead atoms. The minimum Gasteiger partial charge on any atom is -0.467 e. The van der Waals surface area contributed by atoms with E-state index in [-0.39, 0.29) is 6.54 Å². The van der Waals surface area contributed by atoms with Crippen LogP contribution in [0, 0.1) is 0 Å². The summed E-state index contributed by atoms with van der Waals surface area (Å²) in [5, 5.41) is 16.9. The van der Waals surface area contributed by atoms with Crippen LogP contribution in [0.3, 0.4) is 0 Å². The number of guanidine groups is 1. The summed E-state index contributed by atoms with van der Waals surface area (Å²) in [6.45, 7) is 5.09. The molecule has 1 aliphatic heterocycles. The van der Waals surface area contributed by atoms with Crippen molar-refractivity contribution in [2.45, 2.75) is 31.9 Å². The molecule has 3 rings (SSSR count). The Labute approximate surface area is 154 Å². The highest BCUT2D eigenvalue weighted by Crippen LogP contribution is 2.19. The van der Waals surface area contributed by atoms with Crippen molar-refractivity contribution in [1.29, 1.82) is 0 Å². The van der Waals surface area contributed by atoms with Crippen LogP contribution in [0.5, 0.6) is 0 Å². The molecule has 26 heavy (non-hydrogen) atoms. The monoisotopic (exact) mass is 356 g/mol. The van der Waals surface area contributed by atoms with E-state index in [1.54, 1.807) is 18.4 Å². The lowest BCUT2D eigenvalue weighted by molar-refractivity contribution is 0.158. The molecule has 2 unspecified atom stereocenters. The van der Waals surface area contributed by atoms with Gasteiger partial charge in [0.1, 0.15) is 11.9 Å². The third kappa shape index (κ3) is 5.02. The smallest absolute Gasteiger partial charge is 0.191 e. The topological polar surface area (TPSA) is 73.0 Å². The molecule has 140 valence electrons. The van der Waals surface area contributed by atoms with Gasteiger partial charge in [-0.3, -0.25) is 4.99 Å². The fraction of sp³-hybridized carbons (Fsp3) is 0.450. The number of aliphatic hydroxyl groups excluding tert-OH is 1. The first-order valence-corrected chi connectivity index (χ1v) is 9.32. The number of anilines is 1. The van der Waals surface area contributed by atoms with Gasteiger partial charge in [-0.2, -0.15) is 0 Å². The average Bonchev–Trinajstić information content (AvgIpc) is 3.22. The van der Waals surface area contributed by atoms with E-state index in [0.717, 1.165) is 38.4 Å². The van der Waals surface area contributed by atoms with Crippen LogP contribution >= 0.6 is 0 Å². The lowest BCUT2D eigenvalue weighted by Gasteiger charge is -2.35. The number of aliphatic imine (C=N–C) groups is 1. The molecule has 1 saturated heterocycles. The second kappa shape index (κ2) is 9.29. The molecule has 1 fully saturated rings. The summed E-state index contributed by atoms with van der Waals surface area (Å²) < 4.78 is 5.23. The maximum Gasteiger partial charge on any atom is 0.191 e. The second-order valence-corrected chi connectivity index (χ2v) is 6.52. The largest absolute Gasteiger partial charge is 0.467 e. The van der Waals surface area contributed by atoms with Crippen LogP contribution in [0.25, 0.3) is 0 Å². The van der Waals surface area contributed by atoms with Crippen molar-refractivity contribution < 1.29 is 9.52 Å². The maximum atomic E-state index is 10.2. The van der Waals surface area contributed by atoms with Crippen molar-refractivity contribution in [1.82, 2.24) is 10.6 Å². The predicted octanol–water partition coefficient (Wildman–Crippen LogP) is 2.54. The van der Waals surface area contributed by atoms with Crippen molar-refractivity contribution in [2.24, 2.45) is 4.99 Å². The number of aliphatic hydroxyl groups is 1. The normalized spacial score (nSPS) is 19.2. The van der Waals surface area contributed by atoms with Crippen molar-refractivity contribution in [3.05, 3.63) is 54.5 Å². The average molecular weight is 356 g/mol. The van der Waals surface area contributed by atoms with Crippen LogP contribution in [0.4, 0.5) is 5.69 Å². The van der Waals surface area contributed by atoms with Gasteiger partial charge in [0.05, 0.1) is 12.8 Å².